The number of aryl methyl sites for hydroxylation is 1. The molecule has 2 N–H and O–H groups in total. The smallest absolute Gasteiger partial charge is 0.387 e. The molecular weight excluding hydrogens is 316 g/mol. The molecule has 0 aliphatic heterocycles. The highest BCUT2D eigenvalue weighted by atomic mass is 19.3. The van der Waals surface area contributed by atoms with E-state index in [-0.39, 0.29) is 18.3 Å². The zero-order chi connectivity index (χ0) is 17.5. The van der Waals surface area contributed by atoms with Crippen molar-refractivity contribution in [3.05, 3.63) is 59.4 Å². The first kappa shape index (κ1) is 17.7. The fourth-order valence-corrected chi connectivity index (χ4v) is 2.22. The van der Waals surface area contributed by atoms with E-state index in [0.29, 0.717) is 5.56 Å². The van der Waals surface area contributed by atoms with Crippen molar-refractivity contribution in [2.24, 2.45) is 0 Å². The molecule has 0 aliphatic rings. The van der Waals surface area contributed by atoms with Crippen LogP contribution in [0.25, 0.3) is 0 Å². The molecule has 2 rings (SSSR count). The lowest BCUT2D eigenvalue weighted by atomic mass is 10.1. The topological polar surface area (TPSA) is 63.2 Å². The van der Waals surface area contributed by atoms with Crippen LogP contribution in [0.15, 0.2) is 42.7 Å². The van der Waals surface area contributed by atoms with Gasteiger partial charge in [-0.15, -0.1) is 0 Å². The monoisotopic (exact) mass is 335 g/mol. The number of aromatic nitrogens is 1. The molecule has 0 fully saturated rings. The summed E-state index contributed by atoms with van der Waals surface area (Å²) in [6.45, 7) is 0.847. The molecule has 1 heterocycles. The van der Waals surface area contributed by atoms with Gasteiger partial charge in [0.15, 0.2) is 0 Å². The van der Waals surface area contributed by atoms with Crippen molar-refractivity contribution < 1.29 is 18.3 Å². The van der Waals surface area contributed by atoms with Gasteiger partial charge in [0, 0.05) is 24.5 Å². The molecular formula is C17H19F2N3O2. The van der Waals surface area contributed by atoms with Crippen LogP contribution in [0.1, 0.15) is 29.7 Å². The fourth-order valence-electron chi connectivity index (χ4n) is 2.22. The predicted molar refractivity (Wildman–Crippen MR) is 85.8 cm³/mol. The molecule has 7 heteroatoms. The third-order valence-electron chi connectivity index (χ3n) is 3.43. The summed E-state index contributed by atoms with van der Waals surface area (Å²) in [5.41, 5.74) is 2.29. The maximum absolute atomic E-state index is 12.4. The Morgan fingerprint density at radius 3 is 2.62 bits per heavy atom. The fraction of sp³-hybridized carbons (Fsp3) is 0.294. The number of pyridine rings is 1. The van der Waals surface area contributed by atoms with Crippen LogP contribution in [0.5, 0.6) is 5.75 Å². The highest BCUT2D eigenvalue weighted by Crippen LogP contribution is 2.22. The number of nitrogens with one attached hydrogen (secondary N) is 2. The molecule has 0 saturated heterocycles. The Kier molecular flexibility index (Phi) is 6.06. The van der Waals surface area contributed by atoms with Crippen LogP contribution in [0.3, 0.4) is 0 Å². The van der Waals surface area contributed by atoms with Gasteiger partial charge >= 0.3 is 12.6 Å². The van der Waals surface area contributed by atoms with Gasteiger partial charge < -0.3 is 15.4 Å². The highest BCUT2D eigenvalue weighted by molar-refractivity contribution is 5.74. The first-order valence-corrected chi connectivity index (χ1v) is 7.44. The van der Waals surface area contributed by atoms with Crippen LogP contribution in [0.2, 0.25) is 0 Å². The highest BCUT2D eigenvalue weighted by Gasteiger charge is 2.12. The van der Waals surface area contributed by atoms with Crippen molar-refractivity contribution in [3.8, 4) is 5.75 Å². The summed E-state index contributed by atoms with van der Waals surface area (Å²) < 4.78 is 29.3. The van der Waals surface area contributed by atoms with Gasteiger partial charge in [-0.1, -0.05) is 17.7 Å². The number of urea groups is 1. The lowest BCUT2D eigenvalue weighted by molar-refractivity contribution is -0.0504. The Labute approximate surface area is 139 Å². The predicted octanol–water partition coefficient (Wildman–Crippen LogP) is 3.55. The van der Waals surface area contributed by atoms with E-state index in [4.69, 9.17) is 0 Å². The molecule has 0 spiro atoms. The van der Waals surface area contributed by atoms with Crippen molar-refractivity contribution >= 4 is 6.03 Å². The number of carbonyl (C=O) groups is 1. The number of nitrogens with zero attached hydrogens (tertiary/aromatic N) is 1. The number of halogens is 2. The van der Waals surface area contributed by atoms with E-state index in [1.807, 2.05) is 13.8 Å². The molecule has 24 heavy (non-hydrogen) atoms. The van der Waals surface area contributed by atoms with E-state index < -0.39 is 12.6 Å². The van der Waals surface area contributed by atoms with E-state index in [9.17, 15) is 13.6 Å². The largest absolute Gasteiger partial charge is 0.434 e. The number of hydrogen-bond acceptors (Lipinski definition) is 3. The van der Waals surface area contributed by atoms with Gasteiger partial charge in [0.05, 0.1) is 6.04 Å². The summed E-state index contributed by atoms with van der Waals surface area (Å²) in [6, 6.07) is 7.85. The summed E-state index contributed by atoms with van der Waals surface area (Å²) in [7, 11) is 0. The Balaban J connectivity index is 1.95. The first-order chi connectivity index (χ1) is 11.5. The molecule has 0 bridgehead atoms. The standard InChI is InChI=1S/C17H19F2N3O2/c1-11-3-4-15(24-16(18)19)14(9-11)10-21-17(23)22-12(2)13-5-7-20-8-6-13/h3-9,12,16H,10H2,1-2H3,(H2,21,22,23)/t12-/m0/s1. The van der Waals surface area contributed by atoms with Crippen molar-refractivity contribution in [1.82, 2.24) is 15.6 Å². The summed E-state index contributed by atoms with van der Waals surface area (Å²) in [5, 5.41) is 5.42. The van der Waals surface area contributed by atoms with Gasteiger partial charge in [0.1, 0.15) is 5.75 Å². The maximum Gasteiger partial charge on any atom is 0.387 e. The molecule has 2 aromatic rings. The second-order valence-corrected chi connectivity index (χ2v) is 5.32. The van der Waals surface area contributed by atoms with E-state index in [2.05, 4.69) is 20.4 Å². The average molecular weight is 335 g/mol. The molecule has 0 unspecified atom stereocenters. The average Bonchev–Trinajstić information content (AvgIpc) is 2.55. The lowest BCUT2D eigenvalue weighted by Gasteiger charge is -2.16. The molecule has 0 saturated carbocycles. The van der Waals surface area contributed by atoms with Gasteiger partial charge in [-0.3, -0.25) is 4.98 Å². The second-order valence-electron chi connectivity index (χ2n) is 5.32. The van der Waals surface area contributed by atoms with Crippen LogP contribution in [0, 0.1) is 6.92 Å². The number of benzene rings is 1. The van der Waals surface area contributed by atoms with E-state index >= 15 is 0 Å². The number of alkyl halides is 2. The third-order valence-corrected chi connectivity index (χ3v) is 3.43. The SMILES string of the molecule is Cc1ccc(OC(F)F)c(CNC(=O)N[C@@H](C)c2ccncc2)c1. The zero-order valence-corrected chi connectivity index (χ0v) is 13.4. The van der Waals surface area contributed by atoms with Gasteiger partial charge in [0.2, 0.25) is 0 Å². The minimum atomic E-state index is -2.91. The Bertz CT molecular complexity index is 681. The lowest BCUT2D eigenvalue weighted by Crippen LogP contribution is -2.36. The van der Waals surface area contributed by atoms with Crippen LogP contribution >= 0.6 is 0 Å². The Morgan fingerprint density at radius 1 is 1.25 bits per heavy atom. The molecule has 1 aromatic heterocycles. The van der Waals surface area contributed by atoms with Crippen molar-refractivity contribution in [3.63, 3.8) is 0 Å². The zero-order valence-electron chi connectivity index (χ0n) is 13.4. The van der Waals surface area contributed by atoms with Gasteiger partial charge in [-0.25, -0.2) is 4.79 Å². The quantitative estimate of drug-likeness (QED) is 0.848. The Hall–Kier alpha value is -2.70. The molecule has 1 aromatic carbocycles. The maximum atomic E-state index is 12.4. The van der Waals surface area contributed by atoms with E-state index in [1.165, 1.54) is 6.07 Å². The third kappa shape index (κ3) is 5.19. The van der Waals surface area contributed by atoms with Crippen LogP contribution in [-0.2, 0) is 6.54 Å². The second kappa shape index (κ2) is 8.24. The first-order valence-electron chi connectivity index (χ1n) is 7.44. The summed E-state index contributed by atoms with van der Waals surface area (Å²) in [6.07, 6.45) is 3.29. The minimum Gasteiger partial charge on any atom is -0.434 e. The summed E-state index contributed by atoms with van der Waals surface area (Å²) in [4.78, 5) is 15.9. The van der Waals surface area contributed by atoms with Crippen LogP contribution < -0.4 is 15.4 Å². The van der Waals surface area contributed by atoms with Crippen molar-refractivity contribution in [2.45, 2.75) is 33.0 Å². The molecule has 1 atom stereocenters. The normalized spacial score (nSPS) is 11.9. The molecule has 0 radical (unpaired) electrons. The number of ether oxygens (including phenoxy) is 1. The van der Waals surface area contributed by atoms with Crippen molar-refractivity contribution in [1.29, 1.82) is 0 Å². The van der Waals surface area contributed by atoms with Gasteiger partial charge in [-0.2, -0.15) is 8.78 Å². The van der Waals surface area contributed by atoms with E-state index in [1.54, 1.807) is 36.7 Å². The van der Waals surface area contributed by atoms with E-state index in [0.717, 1.165) is 11.1 Å². The number of carbonyl (C=O) groups excluding carboxylic acids is 1. The summed E-state index contributed by atoms with van der Waals surface area (Å²) in [5.74, 6) is 0.0538. The minimum absolute atomic E-state index is 0.0538. The van der Waals surface area contributed by atoms with Crippen LogP contribution in [0.4, 0.5) is 13.6 Å². The molecule has 128 valence electrons. The number of rotatable bonds is 6. The Morgan fingerprint density at radius 2 is 1.96 bits per heavy atom. The molecule has 0 aliphatic carbocycles. The number of hydrogen-bond donors (Lipinski definition) is 2. The molecule has 5 nitrogen and oxygen atoms in total. The van der Waals surface area contributed by atoms with Gasteiger partial charge in [-0.05, 0) is 37.6 Å². The van der Waals surface area contributed by atoms with Crippen LogP contribution in [-0.4, -0.2) is 17.6 Å². The van der Waals surface area contributed by atoms with Gasteiger partial charge in [0.25, 0.3) is 0 Å². The number of amides is 2. The molecule has 2 amide bonds. The van der Waals surface area contributed by atoms with Crippen molar-refractivity contribution in [2.75, 3.05) is 0 Å². The summed E-state index contributed by atoms with van der Waals surface area (Å²) >= 11 is 0.